The number of nitrogens with zero attached hydrogens (tertiary/aromatic N) is 3. The van der Waals surface area contributed by atoms with Crippen molar-refractivity contribution >= 4 is 23.2 Å². The van der Waals surface area contributed by atoms with E-state index in [2.05, 4.69) is 21.9 Å². The van der Waals surface area contributed by atoms with Gasteiger partial charge >= 0.3 is 5.92 Å². The van der Waals surface area contributed by atoms with Crippen molar-refractivity contribution in [3.63, 3.8) is 0 Å². The topological polar surface area (TPSA) is 68.6 Å². The van der Waals surface area contributed by atoms with Gasteiger partial charge in [0.05, 0.1) is 23.9 Å². The number of aromatic nitrogens is 2. The summed E-state index contributed by atoms with van der Waals surface area (Å²) in [5, 5.41) is 7.07. The summed E-state index contributed by atoms with van der Waals surface area (Å²) < 4.78 is 40.6. The predicted octanol–water partition coefficient (Wildman–Crippen LogP) is 4.34. The molecule has 1 N–H and O–H groups in total. The SMILES string of the molecule is C=CC(F)(F)c1cc(OCC(=O)NCc2ccccc2N2CCOCC2)n(-c2ccccc2Cl)n1. The monoisotopic (exact) mass is 502 g/mol. The number of amides is 1. The number of halogens is 3. The van der Waals surface area contributed by atoms with Crippen LogP contribution in [-0.4, -0.2) is 48.6 Å². The highest BCUT2D eigenvalue weighted by atomic mass is 35.5. The lowest BCUT2D eigenvalue weighted by Gasteiger charge is -2.30. The van der Waals surface area contributed by atoms with E-state index < -0.39 is 24.1 Å². The standard InChI is InChI=1S/C25H25ClF2N4O3/c1-2-25(27,28)22-15-24(32(30-22)21-10-6-4-8-19(21)26)35-17-23(33)29-16-18-7-3-5-9-20(18)31-11-13-34-14-12-31/h2-10,15H,1,11-14,16-17H2,(H,29,33). The molecule has 0 aliphatic carbocycles. The van der Waals surface area contributed by atoms with Gasteiger partial charge in [-0.1, -0.05) is 48.5 Å². The zero-order chi connectivity index (χ0) is 24.8. The third-order valence-corrected chi connectivity index (χ3v) is 5.85. The van der Waals surface area contributed by atoms with Gasteiger partial charge < -0.3 is 19.7 Å². The Balaban J connectivity index is 1.46. The maximum atomic E-state index is 14.2. The molecule has 184 valence electrons. The van der Waals surface area contributed by atoms with Crippen LogP contribution in [0.5, 0.6) is 5.88 Å². The van der Waals surface area contributed by atoms with Crippen LogP contribution in [-0.2, 0) is 22.0 Å². The number of nitrogens with one attached hydrogen (secondary N) is 1. The van der Waals surface area contributed by atoms with Gasteiger partial charge in [-0.05, 0) is 29.8 Å². The number of benzene rings is 2. The lowest BCUT2D eigenvalue weighted by Crippen LogP contribution is -2.37. The van der Waals surface area contributed by atoms with E-state index in [1.54, 1.807) is 24.3 Å². The number of hydrogen-bond acceptors (Lipinski definition) is 5. The molecule has 35 heavy (non-hydrogen) atoms. The molecule has 0 saturated carbocycles. The van der Waals surface area contributed by atoms with Gasteiger partial charge in [-0.15, -0.1) is 0 Å². The molecule has 0 spiro atoms. The number of carbonyl (C=O) groups is 1. The fraction of sp³-hybridized carbons (Fsp3) is 0.280. The summed E-state index contributed by atoms with van der Waals surface area (Å²) in [5.74, 6) is -3.83. The molecule has 1 saturated heterocycles. The number of carbonyl (C=O) groups excluding carboxylic acids is 1. The van der Waals surface area contributed by atoms with Gasteiger partial charge in [-0.3, -0.25) is 4.79 Å². The molecule has 7 nitrogen and oxygen atoms in total. The Kier molecular flexibility index (Phi) is 7.67. The molecule has 0 bridgehead atoms. The number of rotatable bonds is 9. The van der Waals surface area contributed by atoms with Gasteiger partial charge in [0.1, 0.15) is 5.69 Å². The zero-order valence-electron chi connectivity index (χ0n) is 18.9. The largest absolute Gasteiger partial charge is 0.467 e. The van der Waals surface area contributed by atoms with Gasteiger partial charge in [0.15, 0.2) is 6.61 Å². The second kappa shape index (κ2) is 10.9. The van der Waals surface area contributed by atoms with Crippen molar-refractivity contribution in [2.24, 2.45) is 0 Å². The Hall–Kier alpha value is -3.43. The smallest absolute Gasteiger partial charge is 0.309 e. The van der Waals surface area contributed by atoms with E-state index in [1.807, 2.05) is 24.3 Å². The van der Waals surface area contributed by atoms with Crippen LogP contribution in [0.2, 0.25) is 5.02 Å². The molecule has 0 atom stereocenters. The first-order valence-corrected chi connectivity index (χ1v) is 11.4. The summed E-state index contributed by atoms with van der Waals surface area (Å²) in [5.41, 5.74) is 1.76. The van der Waals surface area contributed by atoms with Crippen LogP contribution >= 0.6 is 11.6 Å². The molecule has 1 fully saturated rings. The first-order valence-electron chi connectivity index (χ1n) is 11.1. The number of hydrogen-bond donors (Lipinski definition) is 1. The molecule has 1 amide bonds. The van der Waals surface area contributed by atoms with E-state index >= 15 is 0 Å². The van der Waals surface area contributed by atoms with E-state index in [1.165, 1.54) is 0 Å². The van der Waals surface area contributed by atoms with Crippen LogP contribution < -0.4 is 15.0 Å². The minimum atomic E-state index is -3.38. The van der Waals surface area contributed by atoms with Crippen molar-refractivity contribution in [2.75, 3.05) is 37.8 Å². The Labute approximate surface area is 206 Å². The molecule has 2 aromatic carbocycles. The minimum absolute atomic E-state index is 0.0431. The molecule has 3 aromatic rings. The maximum absolute atomic E-state index is 14.2. The van der Waals surface area contributed by atoms with E-state index in [4.69, 9.17) is 21.1 Å². The van der Waals surface area contributed by atoms with Gasteiger partial charge in [0, 0.05) is 31.4 Å². The van der Waals surface area contributed by atoms with Crippen molar-refractivity contribution < 1.29 is 23.0 Å². The molecule has 0 radical (unpaired) electrons. The molecular formula is C25H25ClF2N4O3. The fourth-order valence-corrected chi connectivity index (χ4v) is 3.90. The molecule has 0 unspecified atom stereocenters. The Morgan fingerprint density at radius 2 is 1.86 bits per heavy atom. The lowest BCUT2D eigenvalue weighted by molar-refractivity contribution is -0.123. The third kappa shape index (κ3) is 5.80. The number of ether oxygens (including phenoxy) is 2. The van der Waals surface area contributed by atoms with E-state index in [0.29, 0.717) is 31.5 Å². The summed E-state index contributed by atoms with van der Waals surface area (Å²) >= 11 is 6.23. The minimum Gasteiger partial charge on any atom is -0.467 e. The normalized spacial score (nSPS) is 14.0. The summed E-state index contributed by atoms with van der Waals surface area (Å²) in [6.07, 6.45) is 0.495. The lowest BCUT2D eigenvalue weighted by atomic mass is 10.1. The van der Waals surface area contributed by atoms with Crippen molar-refractivity contribution in [1.29, 1.82) is 0 Å². The second-order valence-corrected chi connectivity index (χ2v) is 8.26. The number of alkyl halides is 2. The van der Waals surface area contributed by atoms with Gasteiger partial charge in [0.25, 0.3) is 5.91 Å². The van der Waals surface area contributed by atoms with Crippen LogP contribution in [0.4, 0.5) is 14.5 Å². The highest BCUT2D eigenvalue weighted by molar-refractivity contribution is 6.32. The van der Waals surface area contributed by atoms with E-state index in [9.17, 15) is 13.6 Å². The van der Waals surface area contributed by atoms with E-state index in [0.717, 1.165) is 35.1 Å². The summed E-state index contributed by atoms with van der Waals surface area (Å²) in [6.45, 7) is 5.92. The number of anilines is 1. The number of para-hydroxylation sites is 2. The van der Waals surface area contributed by atoms with Crippen LogP contribution in [0.3, 0.4) is 0 Å². The third-order valence-electron chi connectivity index (χ3n) is 5.53. The van der Waals surface area contributed by atoms with Crippen molar-refractivity contribution in [1.82, 2.24) is 15.1 Å². The predicted molar refractivity (Wildman–Crippen MR) is 129 cm³/mol. The van der Waals surface area contributed by atoms with Crippen molar-refractivity contribution in [3.05, 3.63) is 83.5 Å². The number of allylic oxidation sites excluding steroid dienone is 1. The second-order valence-electron chi connectivity index (χ2n) is 7.85. The first-order chi connectivity index (χ1) is 16.9. The van der Waals surface area contributed by atoms with E-state index in [-0.39, 0.29) is 10.9 Å². The van der Waals surface area contributed by atoms with Crippen LogP contribution in [0, 0.1) is 0 Å². The number of morpholine rings is 1. The van der Waals surface area contributed by atoms with Crippen molar-refractivity contribution in [3.8, 4) is 11.6 Å². The Morgan fingerprint density at radius 3 is 2.57 bits per heavy atom. The molecule has 1 aliphatic heterocycles. The van der Waals surface area contributed by atoms with Crippen LogP contribution in [0.25, 0.3) is 5.69 Å². The molecule has 10 heteroatoms. The molecule has 4 rings (SSSR count). The van der Waals surface area contributed by atoms with Crippen LogP contribution in [0.1, 0.15) is 11.3 Å². The first kappa shape index (κ1) is 24.7. The highest BCUT2D eigenvalue weighted by Crippen LogP contribution is 2.33. The molecule has 1 aromatic heterocycles. The summed E-state index contributed by atoms with van der Waals surface area (Å²) in [4.78, 5) is 14.8. The molecule has 1 aliphatic rings. The average molecular weight is 503 g/mol. The van der Waals surface area contributed by atoms with Gasteiger partial charge in [0.2, 0.25) is 5.88 Å². The van der Waals surface area contributed by atoms with Crippen LogP contribution in [0.15, 0.2) is 67.3 Å². The summed E-state index contributed by atoms with van der Waals surface area (Å²) in [7, 11) is 0. The Morgan fingerprint density at radius 1 is 1.17 bits per heavy atom. The van der Waals surface area contributed by atoms with Crippen molar-refractivity contribution in [2.45, 2.75) is 12.5 Å². The average Bonchev–Trinajstić information content (AvgIpc) is 3.32. The Bertz CT molecular complexity index is 1190. The highest BCUT2D eigenvalue weighted by Gasteiger charge is 2.32. The summed E-state index contributed by atoms with van der Waals surface area (Å²) in [6, 6.07) is 15.5. The maximum Gasteiger partial charge on any atom is 0.309 e. The van der Waals surface area contributed by atoms with Gasteiger partial charge in [-0.2, -0.15) is 18.6 Å². The van der Waals surface area contributed by atoms with Gasteiger partial charge in [-0.25, -0.2) is 0 Å². The fourth-order valence-electron chi connectivity index (χ4n) is 3.69. The quantitative estimate of drug-likeness (QED) is 0.441. The molecule has 2 heterocycles. The molecular weight excluding hydrogens is 478 g/mol. The zero-order valence-corrected chi connectivity index (χ0v) is 19.7.